The fourth-order valence-corrected chi connectivity index (χ4v) is 2.54. The molecule has 0 saturated heterocycles. The van der Waals surface area contributed by atoms with Crippen molar-refractivity contribution in [3.05, 3.63) is 35.5 Å². The van der Waals surface area contributed by atoms with E-state index in [1.165, 1.54) is 16.5 Å². The van der Waals surface area contributed by atoms with Crippen molar-refractivity contribution in [3.8, 4) is 6.07 Å². The lowest BCUT2D eigenvalue weighted by Gasteiger charge is -2.16. The first-order valence-electron chi connectivity index (χ1n) is 5.39. The molecule has 74 valence electrons. The van der Waals surface area contributed by atoms with E-state index in [2.05, 4.69) is 29.3 Å². The van der Waals surface area contributed by atoms with Crippen molar-refractivity contribution >= 4 is 10.9 Å². The maximum Gasteiger partial charge on any atom is 0.0865 e. The summed E-state index contributed by atoms with van der Waals surface area (Å²) in [6, 6.07) is 10.7. The standard InChI is InChI=1S/C13H12N2/c14-8-9-4-3-6-11-10-5-1-2-7-12(10)15-13(9)11/h1-2,5,7,9,15H,3-4,6H2. The van der Waals surface area contributed by atoms with Gasteiger partial charge in [0.25, 0.3) is 0 Å². The second-order valence-corrected chi connectivity index (χ2v) is 4.14. The molecule has 0 radical (unpaired) electrons. The van der Waals surface area contributed by atoms with Crippen LogP contribution in [0.3, 0.4) is 0 Å². The minimum atomic E-state index is 0.0705. The van der Waals surface area contributed by atoms with Gasteiger partial charge in [-0.05, 0) is 30.9 Å². The molecule has 0 fully saturated rings. The van der Waals surface area contributed by atoms with Crippen molar-refractivity contribution < 1.29 is 0 Å². The monoisotopic (exact) mass is 196 g/mol. The van der Waals surface area contributed by atoms with Gasteiger partial charge in [-0.25, -0.2) is 0 Å². The second kappa shape index (κ2) is 3.13. The smallest absolute Gasteiger partial charge is 0.0865 e. The van der Waals surface area contributed by atoms with E-state index in [-0.39, 0.29) is 5.92 Å². The number of rotatable bonds is 0. The van der Waals surface area contributed by atoms with Gasteiger partial charge in [0.05, 0.1) is 12.0 Å². The number of hydrogen-bond acceptors (Lipinski definition) is 1. The average molecular weight is 196 g/mol. The van der Waals surface area contributed by atoms with Crippen molar-refractivity contribution in [1.82, 2.24) is 4.98 Å². The van der Waals surface area contributed by atoms with Gasteiger partial charge in [-0.15, -0.1) is 0 Å². The van der Waals surface area contributed by atoms with Crippen molar-refractivity contribution in [2.24, 2.45) is 0 Å². The zero-order chi connectivity index (χ0) is 10.3. The maximum absolute atomic E-state index is 9.09. The van der Waals surface area contributed by atoms with Crippen LogP contribution in [0.1, 0.15) is 30.0 Å². The van der Waals surface area contributed by atoms with E-state index in [4.69, 9.17) is 5.26 Å². The minimum Gasteiger partial charge on any atom is -0.357 e. The van der Waals surface area contributed by atoms with E-state index in [1.807, 2.05) is 6.07 Å². The number of para-hydroxylation sites is 1. The van der Waals surface area contributed by atoms with Gasteiger partial charge >= 0.3 is 0 Å². The first-order valence-corrected chi connectivity index (χ1v) is 5.39. The summed E-state index contributed by atoms with van der Waals surface area (Å²) in [5.41, 5.74) is 3.69. The van der Waals surface area contributed by atoms with Gasteiger partial charge < -0.3 is 4.98 Å². The molecule has 2 heteroatoms. The lowest BCUT2D eigenvalue weighted by atomic mass is 9.88. The molecule has 0 amide bonds. The van der Waals surface area contributed by atoms with Crippen molar-refractivity contribution in [2.75, 3.05) is 0 Å². The van der Waals surface area contributed by atoms with Gasteiger partial charge in [0.1, 0.15) is 0 Å². The van der Waals surface area contributed by atoms with Crippen LogP contribution in [0.2, 0.25) is 0 Å². The number of nitrogens with one attached hydrogen (secondary N) is 1. The number of hydrogen-bond donors (Lipinski definition) is 1. The fraction of sp³-hybridized carbons (Fsp3) is 0.308. The number of fused-ring (bicyclic) bond motifs is 3. The van der Waals surface area contributed by atoms with Gasteiger partial charge in [-0.1, -0.05) is 18.2 Å². The van der Waals surface area contributed by atoms with Crippen LogP contribution in [-0.2, 0) is 6.42 Å². The lowest BCUT2D eigenvalue weighted by Crippen LogP contribution is -2.06. The van der Waals surface area contributed by atoms with Crippen LogP contribution in [0.4, 0.5) is 0 Å². The van der Waals surface area contributed by atoms with Crippen LogP contribution in [0, 0.1) is 11.3 Å². The molecule has 1 aliphatic carbocycles. The molecule has 0 saturated carbocycles. The number of H-pyrrole nitrogens is 1. The molecule has 1 N–H and O–H groups in total. The SMILES string of the molecule is N#CC1CCCc2c1[nH]c1ccccc21. The van der Waals surface area contributed by atoms with E-state index in [0.717, 1.165) is 25.0 Å². The molecule has 1 aliphatic rings. The summed E-state index contributed by atoms with van der Waals surface area (Å²) in [5.74, 6) is 0.0705. The summed E-state index contributed by atoms with van der Waals surface area (Å²) in [4.78, 5) is 3.39. The molecular formula is C13H12N2. The lowest BCUT2D eigenvalue weighted by molar-refractivity contribution is 0.629. The molecule has 1 aromatic heterocycles. The van der Waals surface area contributed by atoms with Crippen molar-refractivity contribution in [2.45, 2.75) is 25.2 Å². The highest BCUT2D eigenvalue weighted by Crippen LogP contribution is 2.35. The zero-order valence-electron chi connectivity index (χ0n) is 8.46. The Bertz CT molecular complexity index is 545. The summed E-state index contributed by atoms with van der Waals surface area (Å²) < 4.78 is 0. The molecule has 1 unspecified atom stereocenters. The number of aryl methyl sites for hydroxylation is 1. The predicted molar refractivity (Wildman–Crippen MR) is 59.6 cm³/mol. The minimum absolute atomic E-state index is 0.0705. The van der Waals surface area contributed by atoms with Gasteiger partial charge in [0, 0.05) is 16.6 Å². The third-order valence-corrected chi connectivity index (χ3v) is 3.27. The largest absolute Gasteiger partial charge is 0.357 e. The summed E-state index contributed by atoms with van der Waals surface area (Å²) in [5, 5.41) is 10.4. The van der Waals surface area contributed by atoms with E-state index in [0.29, 0.717) is 0 Å². The van der Waals surface area contributed by atoms with Gasteiger partial charge in [-0.2, -0.15) is 5.26 Å². The van der Waals surface area contributed by atoms with Crippen LogP contribution in [0.25, 0.3) is 10.9 Å². The van der Waals surface area contributed by atoms with Crippen molar-refractivity contribution in [3.63, 3.8) is 0 Å². The Balaban J connectivity index is 2.30. The first-order chi connectivity index (χ1) is 7.40. The molecule has 1 aromatic carbocycles. The number of aromatic nitrogens is 1. The highest BCUT2D eigenvalue weighted by Gasteiger charge is 2.23. The van der Waals surface area contributed by atoms with Crippen LogP contribution in [-0.4, -0.2) is 4.98 Å². The Kier molecular flexibility index (Phi) is 1.78. The van der Waals surface area contributed by atoms with E-state index < -0.39 is 0 Å². The summed E-state index contributed by atoms with van der Waals surface area (Å²) in [7, 11) is 0. The third-order valence-electron chi connectivity index (χ3n) is 3.27. The van der Waals surface area contributed by atoms with Crippen LogP contribution in [0.15, 0.2) is 24.3 Å². The quantitative estimate of drug-likeness (QED) is 0.690. The van der Waals surface area contributed by atoms with Gasteiger partial charge in [-0.3, -0.25) is 0 Å². The summed E-state index contributed by atoms with van der Waals surface area (Å²) >= 11 is 0. The average Bonchev–Trinajstić information content (AvgIpc) is 2.67. The molecule has 2 nitrogen and oxygen atoms in total. The number of nitriles is 1. The fourth-order valence-electron chi connectivity index (χ4n) is 2.54. The van der Waals surface area contributed by atoms with E-state index >= 15 is 0 Å². The molecule has 15 heavy (non-hydrogen) atoms. The summed E-state index contributed by atoms with van der Waals surface area (Å²) in [6.45, 7) is 0. The molecule has 0 bridgehead atoms. The van der Waals surface area contributed by atoms with Crippen LogP contribution < -0.4 is 0 Å². The Morgan fingerprint density at radius 1 is 1.33 bits per heavy atom. The number of nitrogens with zero attached hydrogens (tertiary/aromatic N) is 1. The first kappa shape index (κ1) is 8.55. The Hall–Kier alpha value is -1.75. The Labute approximate surface area is 88.5 Å². The highest BCUT2D eigenvalue weighted by atomic mass is 14.7. The van der Waals surface area contributed by atoms with Gasteiger partial charge in [0.15, 0.2) is 0 Å². The van der Waals surface area contributed by atoms with Crippen molar-refractivity contribution in [1.29, 1.82) is 5.26 Å². The maximum atomic E-state index is 9.09. The van der Waals surface area contributed by atoms with Crippen LogP contribution >= 0.6 is 0 Å². The highest BCUT2D eigenvalue weighted by molar-refractivity contribution is 5.85. The third kappa shape index (κ3) is 1.16. The Morgan fingerprint density at radius 3 is 3.07 bits per heavy atom. The van der Waals surface area contributed by atoms with E-state index in [1.54, 1.807) is 0 Å². The Morgan fingerprint density at radius 2 is 2.20 bits per heavy atom. The topological polar surface area (TPSA) is 39.6 Å². The number of aromatic amines is 1. The van der Waals surface area contributed by atoms with Gasteiger partial charge in [0.2, 0.25) is 0 Å². The summed E-state index contributed by atoms with van der Waals surface area (Å²) in [6.07, 6.45) is 3.24. The molecule has 0 aliphatic heterocycles. The normalized spacial score (nSPS) is 19.8. The molecule has 1 atom stereocenters. The molecular weight excluding hydrogens is 184 g/mol. The molecule has 1 heterocycles. The zero-order valence-corrected chi connectivity index (χ0v) is 8.46. The molecule has 0 spiro atoms. The second-order valence-electron chi connectivity index (χ2n) is 4.14. The number of benzene rings is 1. The van der Waals surface area contributed by atoms with Crippen LogP contribution in [0.5, 0.6) is 0 Å². The van der Waals surface area contributed by atoms with E-state index in [9.17, 15) is 0 Å². The predicted octanol–water partition coefficient (Wildman–Crippen LogP) is 3.11. The molecule has 2 aromatic rings. The molecule has 3 rings (SSSR count).